The third kappa shape index (κ3) is 2.38. The van der Waals surface area contributed by atoms with Gasteiger partial charge in [-0.05, 0) is 26.3 Å². The molecule has 7 nitrogen and oxygen atoms in total. The number of nitrogens with zero attached hydrogens (tertiary/aromatic N) is 4. The van der Waals surface area contributed by atoms with Crippen LogP contribution < -0.4 is 11.0 Å². The van der Waals surface area contributed by atoms with Crippen LogP contribution in [0.1, 0.15) is 32.4 Å². The summed E-state index contributed by atoms with van der Waals surface area (Å²) in [4.78, 5) is 27.7. The van der Waals surface area contributed by atoms with Gasteiger partial charge in [-0.3, -0.25) is 14.5 Å². The molecule has 0 saturated carbocycles. The molecule has 1 aliphatic heterocycles. The van der Waals surface area contributed by atoms with Gasteiger partial charge in [-0.15, -0.1) is 0 Å². The molecule has 2 aromatic heterocycles. The van der Waals surface area contributed by atoms with Gasteiger partial charge in [0.25, 0.3) is 0 Å². The number of hydrogen-bond acceptors (Lipinski definition) is 5. The lowest BCUT2D eigenvalue weighted by Gasteiger charge is -2.29. The van der Waals surface area contributed by atoms with Gasteiger partial charge in [0.2, 0.25) is 0 Å². The first-order valence-electron chi connectivity index (χ1n) is 7.81. The Kier molecular flexibility index (Phi) is 3.06. The monoisotopic (exact) mass is 322 g/mol. The van der Waals surface area contributed by atoms with Gasteiger partial charge in [-0.25, -0.2) is 9.78 Å². The molecule has 0 radical (unpaired) electrons. The molecule has 1 unspecified atom stereocenters. The molecule has 3 aromatic rings. The lowest BCUT2D eigenvalue weighted by Crippen LogP contribution is -2.34. The Balaban J connectivity index is 2.00. The number of aromatic nitrogens is 4. The molecule has 0 bridgehead atoms. The highest BCUT2D eigenvalue weighted by molar-refractivity contribution is 6.04. The van der Waals surface area contributed by atoms with Crippen LogP contribution in [0.2, 0.25) is 0 Å². The van der Waals surface area contributed by atoms with Crippen molar-refractivity contribution in [2.24, 2.45) is 4.99 Å². The average Bonchev–Trinajstić information content (AvgIpc) is 2.94. The van der Waals surface area contributed by atoms with E-state index < -0.39 is 5.69 Å². The van der Waals surface area contributed by atoms with Crippen LogP contribution in [0.3, 0.4) is 0 Å². The molecule has 1 aromatic carbocycles. The predicted octanol–water partition coefficient (Wildman–Crippen LogP) is 2.33. The van der Waals surface area contributed by atoms with E-state index in [1.165, 1.54) is 0 Å². The van der Waals surface area contributed by atoms with Crippen molar-refractivity contribution in [3.05, 3.63) is 52.7 Å². The molecule has 7 heteroatoms. The summed E-state index contributed by atoms with van der Waals surface area (Å²) in [5.74, 6) is 1.35. The fourth-order valence-electron chi connectivity index (χ4n) is 2.90. The van der Waals surface area contributed by atoms with Crippen LogP contribution >= 0.6 is 0 Å². The van der Waals surface area contributed by atoms with Crippen LogP contribution in [0.5, 0.6) is 0 Å². The van der Waals surface area contributed by atoms with Crippen LogP contribution in [0.15, 0.2) is 46.4 Å². The van der Waals surface area contributed by atoms with Crippen molar-refractivity contribution in [2.75, 3.05) is 5.32 Å². The van der Waals surface area contributed by atoms with E-state index in [1.807, 2.05) is 34.9 Å². The van der Waals surface area contributed by atoms with E-state index in [-0.39, 0.29) is 11.6 Å². The summed E-state index contributed by atoms with van der Waals surface area (Å²) < 4.78 is 1.91. The van der Waals surface area contributed by atoms with Gasteiger partial charge in [0.15, 0.2) is 11.5 Å². The minimum Gasteiger partial charge on any atom is -0.354 e. The van der Waals surface area contributed by atoms with Gasteiger partial charge in [-0.1, -0.05) is 30.3 Å². The maximum Gasteiger partial charge on any atom is 0.348 e. The van der Waals surface area contributed by atoms with Gasteiger partial charge < -0.3 is 5.32 Å². The Morgan fingerprint density at radius 2 is 1.96 bits per heavy atom. The molecule has 2 N–H and O–H groups in total. The Labute approximate surface area is 138 Å². The Hall–Kier alpha value is -2.96. The SMILES string of the molecule is CC(C)(C)N=C1C(c2ccccc2)Nc2nc(=O)[nH]c3ncn1c23. The first kappa shape index (κ1) is 14.6. The maximum absolute atomic E-state index is 11.8. The molecular formula is C17H18N6O. The quantitative estimate of drug-likeness (QED) is 0.720. The molecule has 3 heterocycles. The molecule has 0 aliphatic carbocycles. The van der Waals surface area contributed by atoms with Crippen molar-refractivity contribution in [1.29, 1.82) is 0 Å². The normalized spacial score (nSPS) is 18.8. The second-order valence-corrected chi connectivity index (χ2v) is 6.83. The van der Waals surface area contributed by atoms with Crippen molar-refractivity contribution >= 4 is 22.8 Å². The number of H-pyrrole nitrogens is 1. The van der Waals surface area contributed by atoms with E-state index >= 15 is 0 Å². The average molecular weight is 322 g/mol. The van der Waals surface area contributed by atoms with Crippen molar-refractivity contribution in [3.8, 4) is 0 Å². The molecule has 1 aliphatic rings. The number of rotatable bonds is 1. The first-order valence-corrected chi connectivity index (χ1v) is 7.81. The number of aliphatic imine (C=N–C) groups is 1. The highest BCUT2D eigenvalue weighted by Gasteiger charge is 2.30. The van der Waals surface area contributed by atoms with E-state index in [2.05, 4.69) is 41.0 Å². The van der Waals surface area contributed by atoms with Crippen LogP contribution in [-0.2, 0) is 0 Å². The summed E-state index contributed by atoms with van der Waals surface area (Å²) in [6.45, 7) is 6.16. The summed E-state index contributed by atoms with van der Waals surface area (Å²) in [7, 11) is 0. The summed E-state index contributed by atoms with van der Waals surface area (Å²) in [6, 6.07) is 9.79. The zero-order valence-electron chi connectivity index (χ0n) is 13.7. The minimum absolute atomic E-state index is 0.204. The Bertz CT molecular complexity index is 993. The van der Waals surface area contributed by atoms with Crippen LogP contribution in [0, 0.1) is 0 Å². The fourth-order valence-corrected chi connectivity index (χ4v) is 2.90. The van der Waals surface area contributed by atoms with Crippen LogP contribution in [0.25, 0.3) is 11.2 Å². The third-order valence-electron chi connectivity index (χ3n) is 3.80. The van der Waals surface area contributed by atoms with Gasteiger partial charge in [0, 0.05) is 0 Å². The van der Waals surface area contributed by atoms with E-state index in [0.29, 0.717) is 11.5 Å². The Morgan fingerprint density at radius 1 is 1.21 bits per heavy atom. The highest BCUT2D eigenvalue weighted by atomic mass is 16.1. The fraction of sp³-hybridized carbons (Fsp3) is 0.294. The molecule has 122 valence electrons. The van der Waals surface area contributed by atoms with E-state index in [1.54, 1.807) is 6.33 Å². The standard InChI is InChI=1S/C17H18N6O/c1-17(2,3)22-15-11(10-7-5-4-6-8-10)19-14-12-13(18-9-23(12)15)20-16(24)21-14/h4-9,11H,1-3H3,(H2,19,20,21,24). The van der Waals surface area contributed by atoms with Gasteiger partial charge >= 0.3 is 5.69 Å². The molecule has 0 fully saturated rings. The zero-order valence-corrected chi connectivity index (χ0v) is 13.7. The highest BCUT2D eigenvalue weighted by Crippen LogP contribution is 2.31. The van der Waals surface area contributed by atoms with Gasteiger partial charge in [0.05, 0.1) is 5.54 Å². The van der Waals surface area contributed by atoms with Crippen LogP contribution in [0.4, 0.5) is 5.82 Å². The lowest BCUT2D eigenvalue weighted by molar-refractivity contribution is 0.576. The Morgan fingerprint density at radius 3 is 2.67 bits per heavy atom. The minimum atomic E-state index is -0.418. The molecule has 0 amide bonds. The first-order chi connectivity index (χ1) is 11.4. The van der Waals surface area contributed by atoms with E-state index in [4.69, 9.17) is 4.99 Å². The third-order valence-corrected chi connectivity index (χ3v) is 3.80. The van der Waals surface area contributed by atoms with Gasteiger partial charge in [0.1, 0.15) is 23.7 Å². The number of nitrogens with one attached hydrogen (secondary N) is 2. The molecular weight excluding hydrogens is 304 g/mol. The number of hydrogen-bond donors (Lipinski definition) is 2. The molecule has 4 rings (SSSR count). The number of aromatic amines is 1. The van der Waals surface area contributed by atoms with Crippen molar-refractivity contribution in [3.63, 3.8) is 0 Å². The summed E-state index contributed by atoms with van der Waals surface area (Å²) in [6.07, 6.45) is 1.69. The van der Waals surface area contributed by atoms with Crippen molar-refractivity contribution in [1.82, 2.24) is 19.5 Å². The molecule has 1 atom stereocenters. The summed E-state index contributed by atoms with van der Waals surface area (Å²) >= 11 is 0. The molecule has 24 heavy (non-hydrogen) atoms. The lowest BCUT2D eigenvalue weighted by atomic mass is 10.0. The smallest absolute Gasteiger partial charge is 0.348 e. The maximum atomic E-state index is 11.8. The number of anilines is 1. The number of benzene rings is 1. The second kappa shape index (κ2) is 5.02. The zero-order chi connectivity index (χ0) is 16.9. The molecule has 0 saturated heterocycles. The molecule has 0 spiro atoms. The van der Waals surface area contributed by atoms with E-state index in [0.717, 1.165) is 16.9 Å². The van der Waals surface area contributed by atoms with Crippen molar-refractivity contribution in [2.45, 2.75) is 32.4 Å². The van der Waals surface area contributed by atoms with Crippen molar-refractivity contribution < 1.29 is 0 Å². The largest absolute Gasteiger partial charge is 0.354 e. The topological polar surface area (TPSA) is 88.0 Å². The van der Waals surface area contributed by atoms with E-state index in [9.17, 15) is 4.79 Å². The van der Waals surface area contributed by atoms with Gasteiger partial charge in [-0.2, -0.15) is 4.98 Å². The summed E-state index contributed by atoms with van der Waals surface area (Å²) in [5.41, 5.74) is 1.62. The second-order valence-electron chi connectivity index (χ2n) is 6.83. The predicted molar refractivity (Wildman–Crippen MR) is 93.5 cm³/mol. The number of imidazole rings is 1. The summed E-state index contributed by atoms with van der Waals surface area (Å²) in [5, 5.41) is 3.35. The van der Waals surface area contributed by atoms with Crippen LogP contribution in [-0.4, -0.2) is 30.9 Å².